The molecule has 1 fully saturated rings. The Morgan fingerprint density at radius 1 is 1.40 bits per heavy atom. The van der Waals surface area contributed by atoms with Crippen LogP contribution in [-0.2, 0) is 4.79 Å². The Labute approximate surface area is 93.0 Å². The Balaban J connectivity index is 2.63. The summed E-state index contributed by atoms with van der Waals surface area (Å²) in [5, 5.41) is 0. The standard InChI is InChI=1S/C12H24N2O/c1-4-14(9-10(2)3)11(15)12(13)7-5-6-8-12/h10H,4-9,13H2,1-3H3. The van der Waals surface area contributed by atoms with E-state index in [4.69, 9.17) is 5.73 Å². The smallest absolute Gasteiger partial charge is 0.242 e. The molecule has 0 saturated heterocycles. The molecule has 0 radical (unpaired) electrons. The number of rotatable bonds is 4. The Kier molecular flexibility index (Phi) is 4.14. The Morgan fingerprint density at radius 3 is 2.33 bits per heavy atom. The molecule has 1 saturated carbocycles. The van der Waals surface area contributed by atoms with Crippen molar-refractivity contribution in [2.75, 3.05) is 13.1 Å². The minimum absolute atomic E-state index is 0.163. The van der Waals surface area contributed by atoms with Crippen LogP contribution in [0.2, 0.25) is 0 Å². The molecule has 0 aromatic heterocycles. The van der Waals surface area contributed by atoms with E-state index in [1.807, 2.05) is 11.8 Å². The van der Waals surface area contributed by atoms with Gasteiger partial charge < -0.3 is 10.6 Å². The minimum atomic E-state index is -0.551. The molecule has 1 amide bonds. The van der Waals surface area contributed by atoms with E-state index in [1.54, 1.807) is 0 Å². The van der Waals surface area contributed by atoms with Gasteiger partial charge in [-0.05, 0) is 25.7 Å². The van der Waals surface area contributed by atoms with E-state index < -0.39 is 5.54 Å². The van der Waals surface area contributed by atoms with Crippen molar-refractivity contribution in [2.45, 2.75) is 52.0 Å². The van der Waals surface area contributed by atoms with Crippen molar-refractivity contribution in [3.63, 3.8) is 0 Å². The normalized spacial score (nSPS) is 19.5. The van der Waals surface area contributed by atoms with Gasteiger partial charge in [0.05, 0.1) is 5.54 Å². The number of carbonyl (C=O) groups is 1. The third-order valence-electron chi connectivity index (χ3n) is 3.18. The summed E-state index contributed by atoms with van der Waals surface area (Å²) in [6.45, 7) is 7.89. The van der Waals surface area contributed by atoms with Gasteiger partial charge in [-0.3, -0.25) is 4.79 Å². The first kappa shape index (κ1) is 12.5. The van der Waals surface area contributed by atoms with Gasteiger partial charge in [0.15, 0.2) is 0 Å². The van der Waals surface area contributed by atoms with E-state index in [9.17, 15) is 4.79 Å². The van der Waals surface area contributed by atoms with Crippen LogP contribution in [0.4, 0.5) is 0 Å². The number of carbonyl (C=O) groups excluding carboxylic acids is 1. The van der Waals surface area contributed by atoms with Crippen LogP contribution in [0.25, 0.3) is 0 Å². The second kappa shape index (κ2) is 4.97. The Morgan fingerprint density at radius 2 is 1.93 bits per heavy atom. The fraction of sp³-hybridized carbons (Fsp3) is 0.917. The van der Waals surface area contributed by atoms with Crippen molar-refractivity contribution >= 4 is 5.91 Å². The number of hydrogen-bond acceptors (Lipinski definition) is 2. The van der Waals surface area contributed by atoms with Gasteiger partial charge in [0.1, 0.15) is 0 Å². The number of nitrogens with zero attached hydrogens (tertiary/aromatic N) is 1. The van der Waals surface area contributed by atoms with Crippen molar-refractivity contribution in [2.24, 2.45) is 11.7 Å². The van der Waals surface area contributed by atoms with E-state index in [-0.39, 0.29) is 5.91 Å². The molecule has 1 aliphatic carbocycles. The second-order valence-corrected chi connectivity index (χ2v) is 5.10. The summed E-state index contributed by atoms with van der Waals surface area (Å²) in [4.78, 5) is 14.1. The largest absolute Gasteiger partial charge is 0.341 e. The first-order valence-corrected chi connectivity index (χ1v) is 6.08. The molecular weight excluding hydrogens is 188 g/mol. The SMILES string of the molecule is CCN(CC(C)C)C(=O)C1(N)CCCC1. The molecule has 0 aromatic rings. The summed E-state index contributed by atoms with van der Waals surface area (Å²) in [5.74, 6) is 0.676. The maximum atomic E-state index is 12.2. The lowest BCUT2D eigenvalue weighted by molar-refractivity contribution is -0.137. The van der Waals surface area contributed by atoms with Crippen LogP contribution in [0.15, 0.2) is 0 Å². The van der Waals surface area contributed by atoms with Crippen LogP contribution < -0.4 is 5.73 Å². The maximum absolute atomic E-state index is 12.2. The van der Waals surface area contributed by atoms with E-state index in [1.165, 1.54) is 0 Å². The van der Waals surface area contributed by atoms with Gasteiger partial charge in [-0.1, -0.05) is 26.7 Å². The van der Waals surface area contributed by atoms with Gasteiger partial charge in [-0.2, -0.15) is 0 Å². The molecule has 0 atom stereocenters. The van der Waals surface area contributed by atoms with Crippen LogP contribution in [0.3, 0.4) is 0 Å². The molecule has 0 aromatic carbocycles. The van der Waals surface area contributed by atoms with Gasteiger partial charge in [0.25, 0.3) is 0 Å². The van der Waals surface area contributed by atoms with Crippen LogP contribution in [-0.4, -0.2) is 29.4 Å². The predicted molar refractivity (Wildman–Crippen MR) is 62.5 cm³/mol. The van der Waals surface area contributed by atoms with Gasteiger partial charge in [-0.15, -0.1) is 0 Å². The van der Waals surface area contributed by atoms with E-state index >= 15 is 0 Å². The highest BCUT2D eigenvalue weighted by atomic mass is 16.2. The summed E-state index contributed by atoms with van der Waals surface area (Å²) in [6, 6.07) is 0. The van der Waals surface area contributed by atoms with E-state index in [0.29, 0.717) is 5.92 Å². The summed E-state index contributed by atoms with van der Waals surface area (Å²) >= 11 is 0. The molecule has 0 unspecified atom stereocenters. The fourth-order valence-electron chi connectivity index (χ4n) is 2.33. The highest BCUT2D eigenvalue weighted by Gasteiger charge is 2.39. The third-order valence-corrected chi connectivity index (χ3v) is 3.18. The van der Waals surface area contributed by atoms with E-state index in [0.717, 1.165) is 38.8 Å². The van der Waals surface area contributed by atoms with Crippen molar-refractivity contribution in [1.29, 1.82) is 0 Å². The molecule has 0 aliphatic heterocycles. The molecule has 0 heterocycles. The van der Waals surface area contributed by atoms with Crippen LogP contribution in [0.1, 0.15) is 46.5 Å². The average Bonchev–Trinajstić information content (AvgIpc) is 2.61. The lowest BCUT2D eigenvalue weighted by atomic mass is 9.96. The van der Waals surface area contributed by atoms with Gasteiger partial charge in [-0.25, -0.2) is 0 Å². The Bertz CT molecular complexity index is 220. The number of nitrogens with two attached hydrogens (primary N) is 1. The van der Waals surface area contributed by atoms with Gasteiger partial charge in [0, 0.05) is 13.1 Å². The van der Waals surface area contributed by atoms with Crippen LogP contribution in [0.5, 0.6) is 0 Å². The highest BCUT2D eigenvalue weighted by Crippen LogP contribution is 2.29. The molecule has 2 N–H and O–H groups in total. The van der Waals surface area contributed by atoms with Crippen LogP contribution >= 0.6 is 0 Å². The second-order valence-electron chi connectivity index (χ2n) is 5.10. The van der Waals surface area contributed by atoms with Gasteiger partial charge >= 0.3 is 0 Å². The lowest BCUT2D eigenvalue weighted by Gasteiger charge is -2.31. The average molecular weight is 212 g/mol. The summed E-state index contributed by atoms with van der Waals surface area (Å²) in [7, 11) is 0. The molecule has 88 valence electrons. The van der Waals surface area contributed by atoms with Crippen molar-refractivity contribution in [3.05, 3.63) is 0 Å². The first-order valence-electron chi connectivity index (χ1n) is 6.08. The molecule has 1 rings (SSSR count). The molecule has 3 heteroatoms. The number of hydrogen-bond donors (Lipinski definition) is 1. The summed E-state index contributed by atoms with van der Waals surface area (Å²) < 4.78 is 0. The zero-order valence-electron chi connectivity index (χ0n) is 10.3. The Hall–Kier alpha value is -0.570. The lowest BCUT2D eigenvalue weighted by Crippen LogP contribution is -2.54. The van der Waals surface area contributed by atoms with Gasteiger partial charge in [0.2, 0.25) is 5.91 Å². The van der Waals surface area contributed by atoms with Crippen molar-refractivity contribution in [3.8, 4) is 0 Å². The topological polar surface area (TPSA) is 46.3 Å². The molecule has 1 aliphatic rings. The summed E-state index contributed by atoms with van der Waals surface area (Å²) in [6.07, 6.45) is 3.92. The molecular formula is C12H24N2O. The summed E-state index contributed by atoms with van der Waals surface area (Å²) in [5.41, 5.74) is 5.61. The van der Waals surface area contributed by atoms with Crippen LogP contribution in [0, 0.1) is 5.92 Å². The molecule has 0 spiro atoms. The molecule has 0 bridgehead atoms. The zero-order valence-corrected chi connectivity index (χ0v) is 10.3. The maximum Gasteiger partial charge on any atom is 0.242 e. The molecule has 3 nitrogen and oxygen atoms in total. The zero-order chi connectivity index (χ0) is 11.5. The number of likely N-dealkylation sites (N-methyl/N-ethyl adjacent to an activating group) is 1. The van der Waals surface area contributed by atoms with Crippen molar-refractivity contribution < 1.29 is 4.79 Å². The van der Waals surface area contributed by atoms with Crippen molar-refractivity contribution in [1.82, 2.24) is 4.90 Å². The third kappa shape index (κ3) is 2.94. The number of amides is 1. The predicted octanol–water partition coefficient (Wildman–Crippen LogP) is 1.76. The highest BCUT2D eigenvalue weighted by molar-refractivity contribution is 5.86. The monoisotopic (exact) mass is 212 g/mol. The fourth-order valence-corrected chi connectivity index (χ4v) is 2.33. The molecule has 15 heavy (non-hydrogen) atoms. The quantitative estimate of drug-likeness (QED) is 0.772. The van der Waals surface area contributed by atoms with E-state index in [2.05, 4.69) is 13.8 Å². The minimum Gasteiger partial charge on any atom is -0.341 e. The first-order chi connectivity index (χ1) is 6.99.